The van der Waals surface area contributed by atoms with Crippen molar-refractivity contribution >= 4 is 29.3 Å². The molecule has 0 bridgehead atoms. The number of halogens is 1. The Hall–Kier alpha value is -1.75. The zero-order valence-electron chi connectivity index (χ0n) is 11.6. The molecule has 0 saturated heterocycles. The average molecular weight is 283 g/mol. The Bertz CT molecular complexity index is 516. The minimum absolute atomic E-state index is 0.00934. The van der Waals surface area contributed by atoms with Crippen molar-refractivity contribution in [3.8, 4) is 0 Å². The molecule has 6 heteroatoms. The van der Waals surface area contributed by atoms with E-state index in [4.69, 9.17) is 23.1 Å². The summed E-state index contributed by atoms with van der Waals surface area (Å²) in [6.07, 6.45) is 0. The summed E-state index contributed by atoms with van der Waals surface area (Å²) in [5.41, 5.74) is 12.0. The largest absolute Gasteiger partial charge is 0.370 e. The van der Waals surface area contributed by atoms with Crippen molar-refractivity contribution in [2.75, 3.05) is 11.9 Å². The Morgan fingerprint density at radius 2 is 1.89 bits per heavy atom. The summed E-state index contributed by atoms with van der Waals surface area (Å²) in [6, 6.07) is 4.99. The van der Waals surface area contributed by atoms with Crippen molar-refractivity contribution in [2.45, 2.75) is 26.2 Å². The molecule has 104 valence electrons. The lowest BCUT2D eigenvalue weighted by Crippen LogP contribution is -2.30. The molecule has 4 N–H and O–H groups in total. The standard InChI is InChI=1S/C13H19ClN4O/c1-13(2,3)8-5-6-10(9(14)7-8)18(4)12(19)17-11(15)16/h5-7H,1-4H3,(H4,15,16,17,19). The number of anilines is 1. The van der Waals surface area contributed by atoms with Crippen LogP contribution in [0.1, 0.15) is 26.3 Å². The predicted molar refractivity (Wildman–Crippen MR) is 79.8 cm³/mol. The van der Waals surface area contributed by atoms with Gasteiger partial charge in [-0.2, -0.15) is 4.99 Å². The number of aliphatic imine (C=N–C) groups is 1. The second-order valence-electron chi connectivity index (χ2n) is 5.29. The summed E-state index contributed by atoms with van der Waals surface area (Å²) in [6.45, 7) is 6.27. The molecule has 0 aliphatic heterocycles. The number of hydrogen-bond acceptors (Lipinski definition) is 1. The van der Waals surface area contributed by atoms with Crippen molar-refractivity contribution in [2.24, 2.45) is 16.5 Å². The minimum Gasteiger partial charge on any atom is -0.370 e. The van der Waals surface area contributed by atoms with Gasteiger partial charge in [0, 0.05) is 7.05 Å². The Morgan fingerprint density at radius 1 is 1.32 bits per heavy atom. The van der Waals surface area contributed by atoms with Crippen LogP contribution in [0.5, 0.6) is 0 Å². The summed E-state index contributed by atoms with van der Waals surface area (Å²) in [4.78, 5) is 16.5. The number of guanidine groups is 1. The van der Waals surface area contributed by atoms with Gasteiger partial charge in [0.2, 0.25) is 0 Å². The molecule has 0 unspecified atom stereocenters. The van der Waals surface area contributed by atoms with E-state index in [0.717, 1.165) is 5.56 Å². The van der Waals surface area contributed by atoms with Gasteiger partial charge in [-0.15, -0.1) is 0 Å². The lowest BCUT2D eigenvalue weighted by atomic mass is 9.87. The van der Waals surface area contributed by atoms with Gasteiger partial charge in [-0.25, -0.2) is 4.79 Å². The lowest BCUT2D eigenvalue weighted by Gasteiger charge is -2.22. The average Bonchev–Trinajstić information content (AvgIpc) is 2.25. The first kappa shape index (κ1) is 15.3. The van der Waals surface area contributed by atoms with E-state index < -0.39 is 6.03 Å². The van der Waals surface area contributed by atoms with E-state index in [2.05, 4.69) is 25.8 Å². The fourth-order valence-corrected chi connectivity index (χ4v) is 1.84. The van der Waals surface area contributed by atoms with Gasteiger partial charge < -0.3 is 11.5 Å². The maximum Gasteiger partial charge on any atom is 0.351 e. The number of benzene rings is 1. The lowest BCUT2D eigenvalue weighted by molar-refractivity contribution is 0.255. The maximum absolute atomic E-state index is 11.7. The van der Waals surface area contributed by atoms with Gasteiger partial charge in [0.25, 0.3) is 0 Å². The smallest absolute Gasteiger partial charge is 0.351 e. The number of hydrogen-bond donors (Lipinski definition) is 2. The first-order chi connectivity index (χ1) is 8.62. The highest BCUT2D eigenvalue weighted by atomic mass is 35.5. The molecular formula is C13H19ClN4O. The summed E-state index contributed by atoms with van der Waals surface area (Å²) in [5.74, 6) is -0.278. The topological polar surface area (TPSA) is 84.7 Å². The fraction of sp³-hybridized carbons (Fsp3) is 0.385. The molecule has 0 saturated carbocycles. The van der Waals surface area contributed by atoms with E-state index >= 15 is 0 Å². The van der Waals surface area contributed by atoms with Crippen LogP contribution in [0, 0.1) is 0 Å². The molecule has 5 nitrogen and oxygen atoms in total. The zero-order valence-corrected chi connectivity index (χ0v) is 12.3. The van der Waals surface area contributed by atoms with Gasteiger partial charge in [-0.05, 0) is 23.1 Å². The second-order valence-corrected chi connectivity index (χ2v) is 5.70. The molecule has 2 amide bonds. The Labute approximate surface area is 118 Å². The third-order valence-corrected chi connectivity index (χ3v) is 2.99. The van der Waals surface area contributed by atoms with Gasteiger partial charge in [0.1, 0.15) is 0 Å². The molecule has 19 heavy (non-hydrogen) atoms. The van der Waals surface area contributed by atoms with E-state index in [-0.39, 0.29) is 11.4 Å². The normalized spacial score (nSPS) is 11.0. The van der Waals surface area contributed by atoms with E-state index in [1.54, 1.807) is 13.1 Å². The van der Waals surface area contributed by atoms with Crippen LogP contribution in [0.4, 0.5) is 10.5 Å². The van der Waals surface area contributed by atoms with Crippen molar-refractivity contribution < 1.29 is 4.79 Å². The van der Waals surface area contributed by atoms with E-state index in [9.17, 15) is 4.79 Å². The quantitative estimate of drug-likeness (QED) is 0.613. The van der Waals surface area contributed by atoms with Crippen LogP contribution >= 0.6 is 11.6 Å². The monoisotopic (exact) mass is 282 g/mol. The molecular weight excluding hydrogens is 264 g/mol. The number of nitrogens with zero attached hydrogens (tertiary/aromatic N) is 2. The van der Waals surface area contributed by atoms with Gasteiger partial charge in [-0.3, -0.25) is 4.90 Å². The number of carbonyl (C=O) groups excluding carboxylic acids is 1. The summed E-state index contributed by atoms with van der Waals surface area (Å²) in [5, 5.41) is 0.481. The molecule has 1 aromatic rings. The molecule has 0 aliphatic rings. The molecule has 0 spiro atoms. The number of nitrogens with two attached hydrogens (primary N) is 2. The third kappa shape index (κ3) is 3.86. The van der Waals surface area contributed by atoms with E-state index in [1.807, 2.05) is 12.1 Å². The highest BCUT2D eigenvalue weighted by molar-refractivity contribution is 6.33. The Balaban J connectivity index is 3.10. The van der Waals surface area contributed by atoms with Crippen molar-refractivity contribution in [3.63, 3.8) is 0 Å². The van der Waals surface area contributed by atoms with E-state index in [0.29, 0.717) is 10.7 Å². The van der Waals surface area contributed by atoms with Gasteiger partial charge in [-0.1, -0.05) is 38.4 Å². The van der Waals surface area contributed by atoms with Crippen LogP contribution in [-0.2, 0) is 5.41 Å². The molecule has 0 aliphatic carbocycles. The number of carbonyl (C=O) groups is 1. The zero-order chi connectivity index (χ0) is 14.8. The van der Waals surface area contributed by atoms with Gasteiger partial charge >= 0.3 is 6.03 Å². The SMILES string of the molecule is CN(C(=O)N=C(N)N)c1ccc(C(C)(C)C)cc1Cl. The highest BCUT2D eigenvalue weighted by Crippen LogP contribution is 2.31. The molecule has 0 heterocycles. The number of urea groups is 1. The van der Waals surface area contributed by atoms with Crippen molar-refractivity contribution in [3.05, 3.63) is 28.8 Å². The van der Waals surface area contributed by atoms with Crippen LogP contribution in [0.15, 0.2) is 23.2 Å². The molecule has 1 aromatic carbocycles. The fourth-order valence-electron chi connectivity index (χ4n) is 1.53. The molecule has 0 aromatic heterocycles. The third-order valence-electron chi connectivity index (χ3n) is 2.69. The first-order valence-corrected chi connectivity index (χ1v) is 6.18. The van der Waals surface area contributed by atoms with Crippen LogP contribution in [0.2, 0.25) is 5.02 Å². The number of rotatable bonds is 1. The maximum atomic E-state index is 11.7. The van der Waals surface area contributed by atoms with Crippen LogP contribution in [0.25, 0.3) is 0 Å². The van der Waals surface area contributed by atoms with Crippen LogP contribution in [0.3, 0.4) is 0 Å². The van der Waals surface area contributed by atoms with E-state index in [1.165, 1.54) is 4.90 Å². The van der Waals surface area contributed by atoms with Gasteiger partial charge in [0.15, 0.2) is 5.96 Å². The summed E-state index contributed by atoms with van der Waals surface area (Å²) >= 11 is 6.21. The Kier molecular flexibility index (Phi) is 4.42. The van der Waals surface area contributed by atoms with Crippen LogP contribution in [-0.4, -0.2) is 19.0 Å². The van der Waals surface area contributed by atoms with Crippen molar-refractivity contribution in [1.82, 2.24) is 0 Å². The highest BCUT2D eigenvalue weighted by Gasteiger charge is 2.18. The molecule has 0 atom stereocenters. The van der Waals surface area contributed by atoms with Gasteiger partial charge in [0.05, 0.1) is 10.7 Å². The van der Waals surface area contributed by atoms with Crippen molar-refractivity contribution in [1.29, 1.82) is 0 Å². The second kappa shape index (κ2) is 5.48. The molecule has 1 rings (SSSR count). The Morgan fingerprint density at radius 3 is 2.32 bits per heavy atom. The summed E-state index contributed by atoms with van der Waals surface area (Å²) in [7, 11) is 1.56. The van der Waals surface area contributed by atoms with Crippen LogP contribution < -0.4 is 16.4 Å². The predicted octanol–water partition coefficient (Wildman–Crippen LogP) is 2.47. The molecule has 0 radical (unpaired) electrons. The molecule has 0 fully saturated rings. The minimum atomic E-state index is -0.564. The first-order valence-electron chi connectivity index (χ1n) is 5.80. The number of amides is 2. The summed E-state index contributed by atoms with van der Waals surface area (Å²) < 4.78 is 0.